The Bertz CT molecular complexity index is 554. The summed E-state index contributed by atoms with van der Waals surface area (Å²) in [5.41, 5.74) is 1.15. The van der Waals surface area contributed by atoms with Crippen LogP contribution in [-0.4, -0.2) is 48.6 Å². The van der Waals surface area contributed by atoms with Crippen molar-refractivity contribution < 1.29 is 8.42 Å². The fraction of sp³-hybridized carbons (Fsp3) is 0.786. The molecule has 1 fully saturated rings. The molecule has 1 unspecified atom stereocenters. The summed E-state index contributed by atoms with van der Waals surface area (Å²) >= 11 is 0. The Labute approximate surface area is 127 Å². The smallest absolute Gasteiger partial charge is 0.246 e. The molecule has 1 saturated heterocycles. The first-order valence-electron chi connectivity index (χ1n) is 7.57. The minimum Gasteiger partial charge on any atom is -0.313 e. The van der Waals surface area contributed by atoms with Crippen LogP contribution >= 0.6 is 0 Å². The lowest BCUT2D eigenvalue weighted by molar-refractivity contribution is 0.336. The average Bonchev–Trinajstić information content (AvgIpc) is 2.98. The number of aryl methyl sites for hydroxylation is 2. The molecule has 120 valence electrons. The van der Waals surface area contributed by atoms with Gasteiger partial charge in [-0.2, -0.15) is 9.40 Å². The first-order valence-corrected chi connectivity index (χ1v) is 9.01. The van der Waals surface area contributed by atoms with Crippen LogP contribution in [0.2, 0.25) is 0 Å². The molecule has 0 aromatic carbocycles. The molecule has 0 bridgehead atoms. The standard InChI is InChI=1S/C14H26N4O2S/c1-10(2)8-18(9-13-6-5-7-15-13)21(19,20)14-11(3)16-17-12(14)4/h10,13,15H,5-9H2,1-4H3,(H,16,17). The van der Waals surface area contributed by atoms with Crippen molar-refractivity contribution in [1.29, 1.82) is 0 Å². The van der Waals surface area contributed by atoms with Crippen LogP contribution in [0.15, 0.2) is 4.90 Å². The van der Waals surface area contributed by atoms with Gasteiger partial charge < -0.3 is 5.32 Å². The molecule has 1 aliphatic rings. The summed E-state index contributed by atoms with van der Waals surface area (Å²) in [6, 6.07) is 0.256. The average molecular weight is 314 g/mol. The number of H-pyrrole nitrogens is 1. The minimum absolute atomic E-state index is 0.256. The van der Waals surface area contributed by atoms with E-state index in [1.54, 1.807) is 18.2 Å². The van der Waals surface area contributed by atoms with Gasteiger partial charge in [0.1, 0.15) is 4.90 Å². The first-order chi connectivity index (χ1) is 9.82. The van der Waals surface area contributed by atoms with E-state index in [-0.39, 0.29) is 12.0 Å². The molecule has 1 aromatic rings. The minimum atomic E-state index is -3.50. The molecule has 1 aromatic heterocycles. The second-order valence-corrected chi connectivity index (χ2v) is 8.15. The molecule has 0 spiro atoms. The Hall–Kier alpha value is -0.920. The van der Waals surface area contributed by atoms with E-state index in [1.807, 2.05) is 13.8 Å². The van der Waals surface area contributed by atoms with Gasteiger partial charge in [0.2, 0.25) is 10.0 Å². The molecule has 6 nitrogen and oxygen atoms in total. The maximum atomic E-state index is 13.0. The Morgan fingerprint density at radius 2 is 2.10 bits per heavy atom. The van der Waals surface area contributed by atoms with Crippen LogP contribution in [-0.2, 0) is 10.0 Å². The van der Waals surface area contributed by atoms with Gasteiger partial charge in [-0.1, -0.05) is 13.8 Å². The zero-order valence-electron chi connectivity index (χ0n) is 13.3. The highest BCUT2D eigenvalue weighted by Gasteiger charge is 2.32. The van der Waals surface area contributed by atoms with Gasteiger partial charge in [0.05, 0.1) is 11.4 Å². The molecule has 0 saturated carbocycles. The van der Waals surface area contributed by atoms with Crippen LogP contribution in [0.5, 0.6) is 0 Å². The molecule has 2 heterocycles. The third-order valence-corrected chi connectivity index (χ3v) is 5.91. The number of sulfonamides is 1. The summed E-state index contributed by atoms with van der Waals surface area (Å²) in [4.78, 5) is 0.334. The fourth-order valence-corrected chi connectivity index (χ4v) is 4.87. The predicted octanol–water partition coefficient (Wildman–Crippen LogP) is 1.43. The normalized spacial score (nSPS) is 19.8. The molecule has 0 aliphatic carbocycles. The number of nitrogens with zero attached hydrogens (tertiary/aromatic N) is 2. The summed E-state index contributed by atoms with van der Waals surface area (Å²) in [5, 5.41) is 10.2. The number of aromatic nitrogens is 2. The van der Waals surface area contributed by atoms with Crippen molar-refractivity contribution in [3.8, 4) is 0 Å². The quantitative estimate of drug-likeness (QED) is 0.832. The molecule has 7 heteroatoms. The van der Waals surface area contributed by atoms with E-state index in [0.29, 0.717) is 29.4 Å². The predicted molar refractivity (Wildman–Crippen MR) is 82.7 cm³/mol. The first kappa shape index (κ1) is 16.5. The van der Waals surface area contributed by atoms with Crippen molar-refractivity contribution in [2.45, 2.75) is 51.5 Å². The molecule has 1 atom stereocenters. The number of hydrogen-bond donors (Lipinski definition) is 2. The third kappa shape index (κ3) is 3.64. The van der Waals surface area contributed by atoms with E-state index in [0.717, 1.165) is 19.4 Å². The highest BCUT2D eigenvalue weighted by atomic mass is 32.2. The number of aromatic amines is 1. The van der Waals surface area contributed by atoms with Gasteiger partial charge in [-0.25, -0.2) is 8.42 Å². The largest absolute Gasteiger partial charge is 0.313 e. The highest BCUT2D eigenvalue weighted by molar-refractivity contribution is 7.89. The topological polar surface area (TPSA) is 78.1 Å². The summed E-state index contributed by atoms with van der Waals surface area (Å²) in [6.45, 7) is 9.62. The van der Waals surface area contributed by atoms with E-state index < -0.39 is 10.0 Å². The van der Waals surface area contributed by atoms with Crippen molar-refractivity contribution in [2.75, 3.05) is 19.6 Å². The van der Waals surface area contributed by atoms with Gasteiger partial charge >= 0.3 is 0 Å². The van der Waals surface area contributed by atoms with Crippen LogP contribution < -0.4 is 5.32 Å². The highest BCUT2D eigenvalue weighted by Crippen LogP contribution is 2.23. The molecule has 2 N–H and O–H groups in total. The zero-order valence-corrected chi connectivity index (χ0v) is 14.1. The van der Waals surface area contributed by atoms with Gasteiger partial charge in [-0.05, 0) is 39.2 Å². The molecular weight excluding hydrogens is 288 g/mol. The van der Waals surface area contributed by atoms with Gasteiger partial charge in [0.25, 0.3) is 0 Å². The summed E-state index contributed by atoms with van der Waals surface area (Å²) in [5.74, 6) is 0.286. The molecule has 0 radical (unpaired) electrons. The second-order valence-electron chi connectivity index (χ2n) is 6.27. The summed E-state index contributed by atoms with van der Waals surface area (Å²) < 4.78 is 27.6. The molecule has 1 aliphatic heterocycles. The molecule has 2 rings (SSSR count). The molecule has 0 amide bonds. The maximum absolute atomic E-state index is 13.0. The summed E-state index contributed by atoms with van der Waals surface area (Å²) in [7, 11) is -3.50. The van der Waals surface area contributed by atoms with E-state index in [9.17, 15) is 8.42 Å². The Balaban J connectivity index is 2.29. The van der Waals surface area contributed by atoms with Crippen LogP contribution in [0.25, 0.3) is 0 Å². The third-order valence-electron chi connectivity index (χ3n) is 3.81. The number of rotatable bonds is 6. The van der Waals surface area contributed by atoms with Crippen LogP contribution in [0.3, 0.4) is 0 Å². The Morgan fingerprint density at radius 1 is 1.38 bits per heavy atom. The van der Waals surface area contributed by atoms with Crippen LogP contribution in [0.4, 0.5) is 0 Å². The van der Waals surface area contributed by atoms with E-state index in [2.05, 4.69) is 15.5 Å². The van der Waals surface area contributed by atoms with Crippen molar-refractivity contribution in [1.82, 2.24) is 19.8 Å². The van der Waals surface area contributed by atoms with Crippen LogP contribution in [0, 0.1) is 19.8 Å². The SMILES string of the molecule is Cc1n[nH]c(C)c1S(=O)(=O)N(CC(C)C)CC1CCCN1. The lowest BCUT2D eigenvalue weighted by Gasteiger charge is -2.26. The zero-order chi connectivity index (χ0) is 15.6. The number of hydrogen-bond acceptors (Lipinski definition) is 4. The van der Waals surface area contributed by atoms with Gasteiger partial charge in [-0.15, -0.1) is 0 Å². The summed E-state index contributed by atoms with van der Waals surface area (Å²) in [6.07, 6.45) is 2.15. The molecular formula is C14H26N4O2S. The van der Waals surface area contributed by atoms with Crippen molar-refractivity contribution in [3.05, 3.63) is 11.4 Å². The maximum Gasteiger partial charge on any atom is 0.246 e. The van der Waals surface area contributed by atoms with Crippen molar-refractivity contribution >= 4 is 10.0 Å². The van der Waals surface area contributed by atoms with E-state index >= 15 is 0 Å². The second kappa shape index (κ2) is 6.46. The van der Waals surface area contributed by atoms with Crippen LogP contribution in [0.1, 0.15) is 38.1 Å². The van der Waals surface area contributed by atoms with Gasteiger partial charge in [0, 0.05) is 19.1 Å². The lowest BCUT2D eigenvalue weighted by atomic mass is 10.2. The number of nitrogens with one attached hydrogen (secondary N) is 2. The monoisotopic (exact) mass is 314 g/mol. The van der Waals surface area contributed by atoms with Crippen molar-refractivity contribution in [3.63, 3.8) is 0 Å². The van der Waals surface area contributed by atoms with Gasteiger partial charge in [-0.3, -0.25) is 5.10 Å². The van der Waals surface area contributed by atoms with Crippen molar-refractivity contribution in [2.24, 2.45) is 5.92 Å². The Morgan fingerprint density at radius 3 is 2.57 bits per heavy atom. The van der Waals surface area contributed by atoms with Gasteiger partial charge in [0.15, 0.2) is 0 Å². The lowest BCUT2D eigenvalue weighted by Crippen LogP contribution is -2.43. The van der Waals surface area contributed by atoms with E-state index in [1.165, 1.54) is 0 Å². The van der Waals surface area contributed by atoms with E-state index in [4.69, 9.17) is 0 Å². The fourth-order valence-electron chi connectivity index (χ4n) is 2.89. The molecule has 21 heavy (non-hydrogen) atoms. The Kier molecular flexibility index (Phi) is 5.06.